The standard InChI is InChI=1S/C10H10F2N2O3/c11-10(12)17-7-4-2-1-3-6(7)9(16)14-5-8(13)15/h1-4,10H,5H2,(H2,13,15)(H,14,16). The summed E-state index contributed by atoms with van der Waals surface area (Å²) in [6, 6.07) is 5.46. The zero-order valence-electron chi connectivity index (χ0n) is 8.65. The van der Waals surface area contributed by atoms with Gasteiger partial charge in [-0.3, -0.25) is 9.59 Å². The minimum Gasteiger partial charge on any atom is -0.434 e. The molecule has 0 unspecified atom stereocenters. The maximum Gasteiger partial charge on any atom is 0.387 e. The number of hydrogen-bond donors (Lipinski definition) is 2. The number of hydrogen-bond acceptors (Lipinski definition) is 3. The van der Waals surface area contributed by atoms with Gasteiger partial charge in [0, 0.05) is 0 Å². The number of ether oxygens (including phenoxy) is 1. The van der Waals surface area contributed by atoms with Crippen LogP contribution >= 0.6 is 0 Å². The molecule has 1 rings (SSSR count). The zero-order valence-corrected chi connectivity index (χ0v) is 8.65. The average molecular weight is 244 g/mol. The zero-order chi connectivity index (χ0) is 12.8. The summed E-state index contributed by atoms with van der Waals surface area (Å²) in [6.45, 7) is -3.40. The van der Waals surface area contributed by atoms with Crippen molar-refractivity contribution in [3.05, 3.63) is 29.8 Å². The Morgan fingerprint density at radius 2 is 2.00 bits per heavy atom. The van der Waals surface area contributed by atoms with Crippen LogP contribution in [0.25, 0.3) is 0 Å². The van der Waals surface area contributed by atoms with Gasteiger partial charge in [0.1, 0.15) is 5.75 Å². The minimum absolute atomic E-state index is 0.0888. The number of amides is 2. The van der Waals surface area contributed by atoms with Gasteiger partial charge in [-0.1, -0.05) is 12.1 Å². The predicted octanol–water partition coefficient (Wildman–Crippen LogP) is 0.503. The number of nitrogens with two attached hydrogens (primary N) is 1. The third-order valence-electron chi connectivity index (χ3n) is 1.77. The van der Waals surface area contributed by atoms with Crippen molar-refractivity contribution < 1.29 is 23.1 Å². The monoisotopic (exact) mass is 244 g/mol. The molecule has 17 heavy (non-hydrogen) atoms. The number of carbonyl (C=O) groups excluding carboxylic acids is 2. The molecule has 1 aromatic carbocycles. The molecule has 3 N–H and O–H groups in total. The third kappa shape index (κ3) is 4.06. The van der Waals surface area contributed by atoms with Gasteiger partial charge in [-0.05, 0) is 12.1 Å². The lowest BCUT2D eigenvalue weighted by molar-refractivity contribution is -0.117. The largest absolute Gasteiger partial charge is 0.434 e. The van der Waals surface area contributed by atoms with E-state index < -0.39 is 18.4 Å². The van der Waals surface area contributed by atoms with Crippen LogP contribution in [0.1, 0.15) is 10.4 Å². The van der Waals surface area contributed by atoms with Crippen molar-refractivity contribution in [1.82, 2.24) is 5.32 Å². The van der Waals surface area contributed by atoms with Crippen LogP contribution in [-0.4, -0.2) is 25.0 Å². The second kappa shape index (κ2) is 5.78. The minimum atomic E-state index is -3.03. The Morgan fingerprint density at radius 1 is 1.35 bits per heavy atom. The SMILES string of the molecule is NC(=O)CNC(=O)c1ccccc1OC(F)F. The van der Waals surface area contributed by atoms with E-state index in [1.807, 2.05) is 0 Å². The Bertz CT molecular complexity index is 424. The topological polar surface area (TPSA) is 81.4 Å². The Balaban J connectivity index is 2.81. The molecule has 0 aromatic heterocycles. The first kappa shape index (κ1) is 12.9. The number of carbonyl (C=O) groups is 2. The number of benzene rings is 1. The first-order valence-electron chi connectivity index (χ1n) is 4.61. The Hall–Kier alpha value is -2.18. The first-order chi connectivity index (χ1) is 8.00. The Labute approximate surface area is 95.5 Å². The fourth-order valence-electron chi connectivity index (χ4n) is 1.12. The maximum absolute atomic E-state index is 12.0. The summed E-state index contributed by atoms with van der Waals surface area (Å²) in [5.74, 6) is -1.70. The summed E-state index contributed by atoms with van der Waals surface area (Å²) in [7, 11) is 0. The normalized spacial score (nSPS) is 10.1. The molecule has 0 heterocycles. The highest BCUT2D eigenvalue weighted by atomic mass is 19.3. The fraction of sp³-hybridized carbons (Fsp3) is 0.200. The highest BCUT2D eigenvalue weighted by Crippen LogP contribution is 2.19. The van der Waals surface area contributed by atoms with Gasteiger partial charge in [0.2, 0.25) is 5.91 Å². The summed E-state index contributed by atoms with van der Waals surface area (Å²) in [4.78, 5) is 22.0. The fourth-order valence-corrected chi connectivity index (χ4v) is 1.12. The highest BCUT2D eigenvalue weighted by Gasteiger charge is 2.15. The molecule has 0 saturated carbocycles. The second-order valence-corrected chi connectivity index (χ2v) is 3.02. The van der Waals surface area contributed by atoms with Crippen LogP contribution in [-0.2, 0) is 4.79 Å². The molecule has 1 aromatic rings. The molecule has 0 saturated heterocycles. The number of alkyl halides is 2. The molecule has 0 aliphatic heterocycles. The Kier molecular flexibility index (Phi) is 4.38. The molecular formula is C10H10F2N2O3. The third-order valence-corrected chi connectivity index (χ3v) is 1.77. The van der Waals surface area contributed by atoms with Crippen molar-refractivity contribution in [2.75, 3.05) is 6.54 Å². The van der Waals surface area contributed by atoms with Gasteiger partial charge < -0.3 is 15.8 Å². The highest BCUT2D eigenvalue weighted by molar-refractivity contribution is 5.98. The molecule has 0 aliphatic rings. The molecule has 0 spiro atoms. The molecule has 0 aliphatic carbocycles. The van der Waals surface area contributed by atoms with E-state index >= 15 is 0 Å². The van der Waals surface area contributed by atoms with E-state index in [-0.39, 0.29) is 17.9 Å². The van der Waals surface area contributed by atoms with Gasteiger partial charge in [0.15, 0.2) is 0 Å². The lowest BCUT2D eigenvalue weighted by atomic mass is 10.2. The van der Waals surface area contributed by atoms with Crippen molar-refractivity contribution in [3.8, 4) is 5.75 Å². The number of primary amides is 1. The second-order valence-electron chi connectivity index (χ2n) is 3.02. The molecule has 92 valence electrons. The van der Waals surface area contributed by atoms with Crippen LogP contribution in [0.15, 0.2) is 24.3 Å². The van der Waals surface area contributed by atoms with E-state index in [2.05, 4.69) is 10.1 Å². The van der Waals surface area contributed by atoms with E-state index in [0.29, 0.717) is 0 Å². The van der Waals surface area contributed by atoms with Gasteiger partial charge in [-0.15, -0.1) is 0 Å². The molecular weight excluding hydrogens is 234 g/mol. The van der Waals surface area contributed by atoms with Crippen LogP contribution in [0.2, 0.25) is 0 Å². The van der Waals surface area contributed by atoms with Crippen molar-refractivity contribution in [1.29, 1.82) is 0 Å². The molecule has 7 heteroatoms. The number of para-hydroxylation sites is 1. The van der Waals surface area contributed by atoms with Crippen LogP contribution in [0.3, 0.4) is 0 Å². The molecule has 0 fully saturated rings. The summed E-state index contributed by atoms with van der Waals surface area (Å²) in [6.07, 6.45) is 0. The van der Waals surface area contributed by atoms with Crippen LogP contribution in [0.5, 0.6) is 5.75 Å². The van der Waals surface area contributed by atoms with Crippen LogP contribution in [0, 0.1) is 0 Å². The quantitative estimate of drug-likeness (QED) is 0.791. The van der Waals surface area contributed by atoms with Gasteiger partial charge in [-0.25, -0.2) is 0 Å². The molecule has 5 nitrogen and oxygen atoms in total. The average Bonchev–Trinajstić information content (AvgIpc) is 2.25. The predicted molar refractivity (Wildman–Crippen MR) is 54.6 cm³/mol. The van der Waals surface area contributed by atoms with Crippen molar-refractivity contribution >= 4 is 11.8 Å². The van der Waals surface area contributed by atoms with Crippen LogP contribution in [0.4, 0.5) is 8.78 Å². The summed E-state index contributed by atoms with van der Waals surface area (Å²) in [5.41, 5.74) is 4.74. The lowest BCUT2D eigenvalue weighted by Gasteiger charge is -2.09. The number of nitrogens with one attached hydrogen (secondary N) is 1. The molecule has 0 atom stereocenters. The van der Waals surface area contributed by atoms with E-state index in [9.17, 15) is 18.4 Å². The van der Waals surface area contributed by atoms with E-state index in [1.54, 1.807) is 0 Å². The van der Waals surface area contributed by atoms with Crippen LogP contribution < -0.4 is 15.8 Å². The Morgan fingerprint density at radius 3 is 2.59 bits per heavy atom. The summed E-state index contributed by atoms with van der Waals surface area (Å²) >= 11 is 0. The van der Waals surface area contributed by atoms with Gasteiger partial charge in [-0.2, -0.15) is 8.78 Å². The van der Waals surface area contributed by atoms with E-state index in [0.717, 1.165) is 0 Å². The van der Waals surface area contributed by atoms with Gasteiger partial charge >= 0.3 is 6.61 Å². The van der Waals surface area contributed by atoms with Crippen molar-refractivity contribution in [2.45, 2.75) is 6.61 Å². The molecule has 0 radical (unpaired) electrons. The van der Waals surface area contributed by atoms with Gasteiger partial charge in [0.05, 0.1) is 12.1 Å². The number of halogens is 2. The smallest absolute Gasteiger partial charge is 0.387 e. The molecule has 0 bridgehead atoms. The first-order valence-corrected chi connectivity index (χ1v) is 4.61. The van der Waals surface area contributed by atoms with Crippen molar-refractivity contribution in [2.24, 2.45) is 5.73 Å². The van der Waals surface area contributed by atoms with E-state index in [1.165, 1.54) is 24.3 Å². The van der Waals surface area contributed by atoms with Crippen molar-refractivity contribution in [3.63, 3.8) is 0 Å². The number of rotatable bonds is 5. The van der Waals surface area contributed by atoms with Gasteiger partial charge in [0.25, 0.3) is 5.91 Å². The summed E-state index contributed by atoms with van der Waals surface area (Å²) in [5, 5.41) is 2.17. The summed E-state index contributed by atoms with van der Waals surface area (Å²) < 4.78 is 28.3. The molecule has 2 amide bonds. The lowest BCUT2D eigenvalue weighted by Crippen LogP contribution is -2.33. The van der Waals surface area contributed by atoms with E-state index in [4.69, 9.17) is 5.73 Å². The maximum atomic E-state index is 12.0.